The van der Waals surface area contributed by atoms with Gasteiger partial charge < -0.3 is 5.32 Å². The number of halogens is 1. The molecule has 1 amide bonds. The van der Waals surface area contributed by atoms with Crippen LogP contribution in [0.4, 0.5) is 10.1 Å². The van der Waals surface area contributed by atoms with E-state index in [9.17, 15) is 9.18 Å². The number of amides is 1. The van der Waals surface area contributed by atoms with E-state index in [2.05, 4.69) is 17.4 Å². The Hall–Kier alpha value is -2.59. The number of hydrogen-bond acceptors (Lipinski definition) is 2. The van der Waals surface area contributed by atoms with E-state index in [1.165, 1.54) is 23.4 Å². The number of para-hydroxylation sites is 1. The standard InChI is InChI=1S/C22H20FNOS/c23-19-11-5-7-13-21(19)26-15-14-22(25)24-20-12-6-4-10-18(20)16-17-8-2-1-3-9-17/h1-13H,14-16H2,(H,24,25). The van der Waals surface area contributed by atoms with Gasteiger partial charge in [0.15, 0.2) is 0 Å². The summed E-state index contributed by atoms with van der Waals surface area (Å²) in [7, 11) is 0. The van der Waals surface area contributed by atoms with E-state index in [0.717, 1.165) is 17.7 Å². The van der Waals surface area contributed by atoms with Gasteiger partial charge in [-0.1, -0.05) is 60.7 Å². The van der Waals surface area contributed by atoms with Gasteiger partial charge in [-0.05, 0) is 35.7 Å². The Bertz CT molecular complexity index is 867. The molecule has 0 heterocycles. The van der Waals surface area contributed by atoms with Crippen molar-refractivity contribution in [3.8, 4) is 0 Å². The van der Waals surface area contributed by atoms with Gasteiger partial charge in [0.1, 0.15) is 5.82 Å². The molecule has 26 heavy (non-hydrogen) atoms. The van der Waals surface area contributed by atoms with Crippen LogP contribution in [0.5, 0.6) is 0 Å². The second-order valence-electron chi connectivity index (χ2n) is 5.90. The summed E-state index contributed by atoms with van der Waals surface area (Å²) in [5.41, 5.74) is 3.11. The van der Waals surface area contributed by atoms with Crippen molar-refractivity contribution in [1.82, 2.24) is 0 Å². The van der Waals surface area contributed by atoms with E-state index in [0.29, 0.717) is 17.1 Å². The molecule has 0 atom stereocenters. The van der Waals surface area contributed by atoms with E-state index in [1.807, 2.05) is 42.5 Å². The molecule has 0 aromatic heterocycles. The van der Waals surface area contributed by atoms with Crippen LogP contribution in [0.25, 0.3) is 0 Å². The number of carbonyl (C=O) groups is 1. The smallest absolute Gasteiger partial charge is 0.225 e. The van der Waals surface area contributed by atoms with Crippen molar-refractivity contribution in [2.75, 3.05) is 11.1 Å². The maximum Gasteiger partial charge on any atom is 0.225 e. The summed E-state index contributed by atoms with van der Waals surface area (Å²) in [5, 5.41) is 2.99. The lowest BCUT2D eigenvalue weighted by Crippen LogP contribution is -2.13. The first-order valence-electron chi connectivity index (χ1n) is 8.51. The first-order chi connectivity index (χ1) is 12.7. The molecular weight excluding hydrogens is 345 g/mol. The topological polar surface area (TPSA) is 29.1 Å². The van der Waals surface area contributed by atoms with Crippen molar-refractivity contribution in [1.29, 1.82) is 0 Å². The third-order valence-corrected chi connectivity index (χ3v) is 5.00. The maximum atomic E-state index is 13.6. The lowest BCUT2D eigenvalue weighted by Gasteiger charge is -2.11. The molecule has 4 heteroatoms. The molecule has 3 rings (SSSR count). The maximum absolute atomic E-state index is 13.6. The molecule has 0 unspecified atom stereocenters. The minimum atomic E-state index is -0.244. The Morgan fingerprint density at radius 1 is 0.885 bits per heavy atom. The minimum absolute atomic E-state index is 0.0608. The van der Waals surface area contributed by atoms with Gasteiger partial charge in [0, 0.05) is 22.8 Å². The fourth-order valence-corrected chi connectivity index (χ4v) is 3.53. The van der Waals surface area contributed by atoms with Gasteiger partial charge in [-0.3, -0.25) is 4.79 Å². The highest BCUT2D eigenvalue weighted by molar-refractivity contribution is 7.99. The summed E-state index contributed by atoms with van der Waals surface area (Å²) in [6.07, 6.45) is 1.10. The van der Waals surface area contributed by atoms with Crippen LogP contribution in [0.3, 0.4) is 0 Å². The highest BCUT2D eigenvalue weighted by atomic mass is 32.2. The first kappa shape index (κ1) is 18.2. The Labute approximate surface area is 157 Å². The van der Waals surface area contributed by atoms with Crippen LogP contribution in [0, 0.1) is 5.82 Å². The Morgan fingerprint density at radius 2 is 1.58 bits per heavy atom. The molecule has 0 fully saturated rings. The van der Waals surface area contributed by atoms with Crippen LogP contribution in [-0.2, 0) is 11.2 Å². The molecular formula is C22H20FNOS. The van der Waals surface area contributed by atoms with Gasteiger partial charge in [0.25, 0.3) is 0 Å². The highest BCUT2D eigenvalue weighted by Crippen LogP contribution is 2.23. The van der Waals surface area contributed by atoms with Crippen molar-refractivity contribution in [3.05, 3.63) is 95.8 Å². The number of carbonyl (C=O) groups excluding carboxylic acids is 1. The SMILES string of the molecule is O=C(CCSc1ccccc1F)Nc1ccccc1Cc1ccccc1. The van der Waals surface area contributed by atoms with Crippen molar-refractivity contribution in [3.63, 3.8) is 0 Å². The predicted octanol–water partition coefficient (Wildman–Crippen LogP) is 5.54. The second-order valence-corrected chi connectivity index (χ2v) is 7.03. The Kier molecular flexibility index (Phi) is 6.45. The first-order valence-corrected chi connectivity index (χ1v) is 9.50. The van der Waals surface area contributed by atoms with Gasteiger partial charge in [0.2, 0.25) is 5.91 Å². The fraction of sp³-hybridized carbons (Fsp3) is 0.136. The van der Waals surface area contributed by atoms with Crippen LogP contribution < -0.4 is 5.32 Å². The molecule has 3 aromatic carbocycles. The zero-order valence-corrected chi connectivity index (χ0v) is 15.1. The van der Waals surface area contributed by atoms with E-state index in [4.69, 9.17) is 0 Å². The molecule has 0 radical (unpaired) electrons. The number of hydrogen-bond donors (Lipinski definition) is 1. The summed E-state index contributed by atoms with van der Waals surface area (Å²) in [6, 6.07) is 24.6. The van der Waals surface area contributed by atoms with Crippen molar-refractivity contribution >= 4 is 23.4 Å². The molecule has 3 aromatic rings. The van der Waals surface area contributed by atoms with Crippen LogP contribution in [0.1, 0.15) is 17.5 Å². The average molecular weight is 365 g/mol. The number of nitrogens with one attached hydrogen (secondary N) is 1. The molecule has 1 N–H and O–H groups in total. The van der Waals surface area contributed by atoms with Gasteiger partial charge >= 0.3 is 0 Å². The molecule has 0 bridgehead atoms. The largest absolute Gasteiger partial charge is 0.326 e. The van der Waals surface area contributed by atoms with Crippen molar-refractivity contribution in [2.24, 2.45) is 0 Å². The lowest BCUT2D eigenvalue weighted by molar-refractivity contribution is -0.115. The molecule has 0 aliphatic rings. The summed E-state index contributed by atoms with van der Waals surface area (Å²) < 4.78 is 13.6. The monoisotopic (exact) mass is 365 g/mol. The molecule has 2 nitrogen and oxygen atoms in total. The van der Waals surface area contributed by atoms with Crippen LogP contribution in [-0.4, -0.2) is 11.7 Å². The number of anilines is 1. The zero-order valence-electron chi connectivity index (χ0n) is 14.3. The Morgan fingerprint density at radius 3 is 2.38 bits per heavy atom. The van der Waals surface area contributed by atoms with Crippen molar-refractivity contribution < 1.29 is 9.18 Å². The van der Waals surface area contributed by atoms with Crippen LogP contribution in [0.15, 0.2) is 83.8 Å². The summed E-state index contributed by atoms with van der Waals surface area (Å²) in [6.45, 7) is 0. The number of thioether (sulfide) groups is 1. The van der Waals surface area contributed by atoms with Gasteiger partial charge in [-0.25, -0.2) is 4.39 Å². The van der Waals surface area contributed by atoms with E-state index >= 15 is 0 Å². The predicted molar refractivity (Wildman–Crippen MR) is 106 cm³/mol. The Balaban J connectivity index is 1.57. The molecule has 0 aliphatic carbocycles. The normalized spacial score (nSPS) is 10.5. The van der Waals surface area contributed by atoms with Crippen LogP contribution in [0.2, 0.25) is 0 Å². The van der Waals surface area contributed by atoms with Gasteiger partial charge in [-0.15, -0.1) is 11.8 Å². The van der Waals surface area contributed by atoms with E-state index < -0.39 is 0 Å². The molecule has 0 saturated heterocycles. The fourth-order valence-electron chi connectivity index (χ4n) is 2.64. The molecule has 0 saturated carbocycles. The summed E-state index contributed by atoms with van der Waals surface area (Å²) in [4.78, 5) is 12.8. The third-order valence-electron chi connectivity index (χ3n) is 3.95. The third kappa shape index (κ3) is 5.20. The van der Waals surface area contributed by atoms with Gasteiger partial charge in [0.05, 0.1) is 0 Å². The molecule has 0 aliphatic heterocycles. The number of rotatable bonds is 7. The summed E-state index contributed by atoms with van der Waals surface area (Å²) >= 11 is 1.36. The van der Waals surface area contributed by atoms with Crippen molar-refractivity contribution in [2.45, 2.75) is 17.7 Å². The lowest BCUT2D eigenvalue weighted by atomic mass is 10.0. The minimum Gasteiger partial charge on any atom is -0.326 e. The van der Waals surface area contributed by atoms with Gasteiger partial charge in [-0.2, -0.15) is 0 Å². The average Bonchev–Trinajstić information content (AvgIpc) is 2.66. The highest BCUT2D eigenvalue weighted by Gasteiger charge is 2.08. The second kappa shape index (κ2) is 9.20. The van der Waals surface area contributed by atoms with Crippen LogP contribution >= 0.6 is 11.8 Å². The number of benzene rings is 3. The van der Waals surface area contributed by atoms with E-state index in [1.54, 1.807) is 18.2 Å². The molecule has 132 valence electrons. The zero-order chi connectivity index (χ0) is 18.2. The van der Waals surface area contributed by atoms with E-state index in [-0.39, 0.29) is 11.7 Å². The quantitative estimate of drug-likeness (QED) is 0.557. The summed E-state index contributed by atoms with van der Waals surface area (Å²) in [5.74, 6) is 0.230. The molecule has 0 spiro atoms.